The van der Waals surface area contributed by atoms with E-state index in [-0.39, 0.29) is 17.9 Å². The number of phenolic OH excluding ortho intramolecular Hbond substituents is 2. The highest BCUT2D eigenvalue weighted by atomic mass is 16.7. The maximum Gasteiger partial charge on any atom is 0.509 e. The molecular weight excluding hydrogens is 354 g/mol. The first-order valence-corrected chi connectivity index (χ1v) is 8.81. The second-order valence-corrected chi connectivity index (χ2v) is 7.06. The Labute approximate surface area is 159 Å². The molecule has 0 heterocycles. The van der Waals surface area contributed by atoms with Crippen LogP contribution in [0.1, 0.15) is 46.6 Å². The second kappa shape index (κ2) is 9.45. The van der Waals surface area contributed by atoms with Gasteiger partial charge in [0.2, 0.25) is 0 Å². The minimum Gasteiger partial charge on any atom is -0.504 e. The van der Waals surface area contributed by atoms with Crippen LogP contribution < -0.4 is 5.73 Å². The molecule has 0 bridgehead atoms. The molecule has 0 aromatic heterocycles. The van der Waals surface area contributed by atoms with Gasteiger partial charge in [-0.05, 0) is 58.2 Å². The van der Waals surface area contributed by atoms with Gasteiger partial charge >= 0.3 is 12.1 Å². The van der Waals surface area contributed by atoms with E-state index in [1.54, 1.807) is 33.8 Å². The molecule has 0 aliphatic carbocycles. The number of carbonyl (C=O) groups excluding carboxylic acids is 2. The van der Waals surface area contributed by atoms with Crippen LogP contribution in [0.2, 0.25) is 0 Å². The number of benzene rings is 1. The molecule has 4 N–H and O–H groups in total. The Balaban J connectivity index is 2.54. The number of hydrogen-bond donors (Lipinski definition) is 3. The zero-order valence-corrected chi connectivity index (χ0v) is 16.4. The summed E-state index contributed by atoms with van der Waals surface area (Å²) in [6.07, 6.45) is -1.54. The second-order valence-electron chi connectivity index (χ2n) is 7.06. The lowest BCUT2D eigenvalue weighted by atomic mass is 10.1. The molecule has 8 heteroatoms. The molecule has 152 valence electrons. The third-order valence-electron chi connectivity index (χ3n) is 4.25. The molecule has 0 fully saturated rings. The third-order valence-corrected chi connectivity index (χ3v) is 4.25. The van der Waals surface area contributed by atoms with E-state index in [4.69, 9.17) is 19.9 Å². The molecule has 1 aromatic carbocycles. The van der Waals surface area contributed by atoms with Gasteiger partial charge in [-0.25, -0.2) is 4.79 Å². The summed E-state index contributed by atoms with van der Waals surface area (Å²) in [6.45, 7) is 8.59. The number of esters is 1. The van der Waals surface area contributed by atoms with Crippen LogP contribution in [0, 0.1) is 0 Å². The Morgan fingerprint density at radius 3 is 2.26 bits per heavy atom. The summed E-state index contributed by atoms with van der Waals surface area (Å²) in [4.78, 5) is 23.9. The third kappa shape index (κ3) is 7.34. The standard InChI is InChI=1S/C19H29NO7/c1-6-19(4,5)27-18(24)26-12(3)11(2)25-17(23)14(20)9-13-7-8-15(21)16(22)10-13/h7-8,10-12,14,21-22H,6,9,20H2,1-5H3/t11-,12-,14+/m1/s1. The highest BCUT2D eigenvalue weighted by Crippen LogP contribution is 2.25. The number of ether oxygens (including phenoxy) is 3. The van der Waals surface area contributed by atoms with Gasteiger partial charge < -0.3 is 30.2 Å². The molecular formula is C19H29NO7. The Kier molecular flexibility index (Phi) is 7.90. The highest BCUT2D eigenvalue weighted by Gasteiger charge is 2.27. The van der Waals surface area contributed by atoms with Crippen LogP contribution >= 0.6 is 0 Å². The van der Waals surface area contributed by atoms with E-state index in [1.165, 1.54) is 12.1 Å². The van der Waals surface area contributed by atoms with Crippen LogP contribution in [0.3, 0.4) is 0 Å². The van der Waals surface area contributed by atoms with Crippen LogP contribution in [-0.2, 0) is 25.4 Å². The zero-order chi connectivity index (χ0) is 20.8. The first kappa shape index (κ1) is 22.6. The maximum atomic E-state index is 12.1. The summed E-state index contributed by atoms with van der Waals surface area (Å²) in [5.74, 6) is -1.22. The smallest absolute Gasteiger partial charge is 0.504 e. The Hall–Kier alpha value is -2.48. The summed E-state index contributed by atoms with van der Waals surface area (Å²) < 4.78 is 15.6. The Morgan fingerprint density at radius 2 is 1.70 bits per heavy atom. The number of phenols is 2. The van der Waals surface area contributed by atoms with Gasteiger partial charge in [-0.2, -0.15) is 0 Å². The monoisotopic (exact) mass is 383 g/mol. The molecule has 3 atom stereocenters. The van der Waals surface area contributed by atoms with Gasteiger partial charge in [0.25, 0.3) is 0 Å². The number of carbonyl (C=O) groups is 2. The minimum absolute atomic E-state index is 0.112. The van der Waals surface area contributed by atoms with E-state index in [0.29, 0.717) is 12.0 Å². The fourth-order valence-corrected chi connectivity index (χ4v) is 1.97. The van der Waals surface area contributed by atoms with E-state index in [1.807, 2.05) is 6.92 Å². The van der Waals surface area contributed by atoms with Gasteiger partial charge in [-0.15, -0.1) is 0 Å². The highest BCUT2D eigenvalue weighted by molar-refractivity contribution is 5.76. The largest absolute Gasteiger partial charge is 0.509 e. The van der Waals surface area contributed by atoms with E-state index < -0.39 is 36.0 Å². The molecule has 0 saturated carbocycles. The average molecular weight is 383 g/mol. The molecule has 0 aliphatic heterocycles. The Bertz CT molecular complexity index is 659. The molecule has 1 aromatic rings. The van der Waals surface area contributed by atoms with Crippen molar-refractivity contribution in [2.45, 2.75) is 71.3 Å². The van der Waals surface area contributed by atoms with Gasteiger partial charge in [-0.3, -0.25) is 4.79 Å². The summed E-state index contributed by atoms with van der Waals surface area (Å²) in [6, 6.07) is 3.20. The number of aromatic hydroxyl groups is 2. The fraction of sp³-hybridized carbons (Fsp3) is 0.579. The summed E-state index contributed by atoms with van der Waals surface area (Å²) in [5.41, 5.74) is 5.76. The molecule has 0 unspecified atom stereocenters. The van der Waals surface area contributed by atoms with Crippen molar-refractivity contribution in [1.29, 1.82) is 0 Å². The van der Waals surface area contributed by atoms with Crippen LogP contribution in [0.5, 0.6) is 11.5 Å². The predicted molar refractivity (Wildman–Crippen MR) is 98.4 cm³/mol. The zero-order valence-electron chi connectivity index (χ0n) is 16.4. The minimum atomic E-state index is -0.977. The lowest BCUT2D eigenvalue weighted by Crippen LogP contribution is -2.40. The van der Waals surface area contributed by atoms with Gasteiger partial charge in [0, 0.05) is 0 Å². The average Bonchev–Trinajstić information content (AvgIpc) is 2.57. The van der Waals surface area contributed by atoms with Crippen molar-refractivity contribution in [3.63, 3.8) is 0 Å². The molecule has 27 heavy (non-hydrogen) atoms. The SMILES string of the molecule is CCC(C)(C)OC(=O)O[C@H](C)[C@@H](C)OC(=O)[C@@H](N)Cc1ccc(O)c(O)c1. The number of hydrogen-bond acceptors (Lipinski definition) is 8. The number of nitrogens with two attached hydrogens (primary N) is 1. The molecule has 0 radical (unpaired) electrons. The molecule has 0 saturated heterocycles. The van der Waals surface area contributed by atoms with E-state index in [9.17, 15) is 19.8 Å². The molecule has 0 spiro atoms. The van der Waals surface area contributed by atoms with Crippen LogP contribution in [0.15, 0.2) is 18.2 Å². The first-order chi connectivity index (χ1) is 12.4. The lowest BCUT2D eigenvalue weighted by molar-refractivity contribution is -0.156. The van der Waals surface area contributed by atoms with Crippen molar-refractivity contribution in [1.82, 2.24) is 0 Å². The van der Waals surface area contributed by atoms with E-state index in [0.717, 1.165) is 0 Å². The van der Waals surface area contributed by atoms with Crippen molar-refractivity contribution < 1.29 is 34.0 Å². The van der Waals surface area contributed by atoms with Crippen molar-refractivity contribution in [2.24, 2.45) is 5.73 Å². The normalized spacial score (nSPS) is 14.7. The summed E-state index contributed by atoms with van der Waals surface area (Å²) in [7, 11) is 0. The van der Waals surface area contributed by atoms with Crippen LogP contribution in [0.4, 0.5) is 4.79 Å². The van der Waals surface area contributed by atoms with Crippen LogP contribution in [-0.4, -0.2) is 46.2 Å². The van der Waals surface area contributed by atoms with Crippen molar-refractivity contribution in [2.75, 3.05) is 0 Å². The summed E-state index contributed by atoms with van der Waals surface area (Å²) >= 11 is 0. The molecule has 0 amide bonds. The van der Waals surface area contributed by atoms with Gasteiger partial charge in [0.15, 0.2) is 11.5 Å². The van der Waals surface area contributed by atoms with Crippen molar-refractivity contribution in [3.8, 4) is 11.5 Å². The van der Waals surface area contributed by atoms with Crippen molar-refractivity contribution in [3.05, 3.63) is 23.8 Å². The fourth-order valence-electron chi connectivity index (χ4n) is 1.97. The summed E-state index contributed by atoms with van der Waals surface area (Å²) in [5, 5.41) is 18.8. The number of rotatable bonds is 8. The van der Waals surface area contributed by atoms with Crippen molar-refractivity contribution >= 4 is 12.1 Å². The topological polar surface area (TPSA) is 128 Å². The van der Waals surface area contributed by atoms with Gasteiger partial charge in [-0.1, -0.05) is 13.0 Å². The van der Waals surface area contributed by atoms with Gasteiger partial charge in [0.05, 0.1) is 0 Å². The lowest BCUT2D eigenvalue weighted by Gasteiger charge is -2.26. The molecule has 8 nitrogen and oxygen atoms in total. The molecule has 1 rings (SSSR count). The molecule has 0 aliphatic rings. The maximum absolute atomic E-state index is 12.1. The van der Waals surface area contributed by atoms with Crippen LogP contribution in [0.25, 0.3) is 0 Å². The quantitative estimate of drug-likeness (QED) is 0.462. The predicted octanol–water partition coefficient (Wildman–Crippen LogP) is 2.63. The first-order valence-electron chi connectivity index (χ1n) is 8.81. The van der Waals surface area contributed by atoms with E-state index >= 15 is 0 Å². The van der Waals surface area contributed by atoms with Gasteiger partial charge in [0.1, 0.15) is 23.9 Å². The Morgan fingerprint density at radius 1 is 1.11 bits per heavy atom. The van der Waals surface area contributed by atoms with E-state index in [2.05, 4.69) is 0 Å².